The number of hydrogen-bond donors (Lipinski definition) is 1. The first-order valence-corrected chi connectivity index (χ1v) is 5.08. The maximum Gasteiger partial charge on any atom is 0.329 e. The van der Waals surface area contributed by atoms with E-state index in [1.807, 2.05) is 6.07 Å². The maximum absolute atomic E-state index is 11.2. The van der Waals surface area contributed by atoms with Crippen LogP contribution < -0.4 is 0 Å². The summed E-state index contributed by atoms with van der Waals surface area (Å²) in [4.78, 5) is 15.2. The van der Waals surface area contributed by atoms with Crippen LogP contribution in [0, 0.1) is 0 Å². The van der Waals surface area contributed by atoms with E-state index < -0.39 is 11.5 Å². The van der Waals surface area contributed by atoms with Gasteiger partial charge in [-0.1, -0.05) is 0 Å². The molecule has 0 aliphatic rings. The molecule has 2 aromatic rings. The van der Waals surface area contributed by atoms with Crippen LogP contribution in [0.4, 0.5) is 0 Å². The predicted molar refractivity (Wildman–Crippen MR) is 60.2 cm³/mol. The molecule has 0 atom stereocenters. The second-order valence-corrected chi connectivity index (χ2v) is 4.13. The third-order valence-electron chi connectivity index (χ3n) is 2.59. The van der Waals surface area contributed by atoms with Gasteiger partial charge in [-0.25, -0.2) is 4.79 Å². The smallest absolute Gasteiger partial charge is 0.329 e. The number of nitrogens with zero attached hydrogens (tertiary/aromatic N) is 4. The number of aromatic nitrogens is 4. The highest BCUT2D eigenvalue weighted by Gasteiger charge is 2.32. The minimum absolute atomic E-state index is 0.491. The van der Waals surface area contributed by atoms with Crippen LogP contribution in [0.2, 0.25) is 0 Å². The molecule has 0 spiro atoms. The molecule has 0 aliphatic heterocycles. The number of carbonyl (C=O) groups is 1. The summed E-state index contributed by atoms with van der Waals surface area (Å²) in [5.41, 5.74) is -0.367. The molecular formula is C11H12N4O2. The molecule has 0 saturated heterocycles. The molecule has 2 heterocycles. The van der Waals surface area contributed by atoms with Crippen molar-refractivity contribution in [3.63, 3.8) is 0 Å². The summed E-state index contributed by atoms with van der Waals surface area (Å²) in [6.07, 6.45) is 4.68. The molecule has 0 unspecified atom stereocenters. The molecule has 0 saturated carbocycles. The Morgan fingerprint density at radius 3 is 2.82 bits per heavy atom. The Hall–Kier alpha value is -2.24. The zero-order valence-corrected chi connectivity index (χ0v) is 9.53. The molecular weight excluding hydrogens is 220 g/mol. The van der Waals surface area contributed by atoms with Crippen molar-refractivity contribution in [1.82, 2.24) is 19.7 Å². The van der Waals surface area contributed by atoms with E-state index in [4.69, 9.17) is 0 Å². The van der Waals surface area contributed by atoms with E-state index in [0.29, 0.717) is 5.82 Å². The average molecular weight is 232 g/mol. The van der Waals surface area contributed by atoms with E-state index in [1.165, 1.54) is 10.9 Å². The Bertz CT molecular complexity index is 533. The quantitative estimate of drug-likeness (QED) is 0.858. The summed E-state index contributed by atoms with van der Waals surface area (Å²) in [5.74, 6) is -0.451. The van der Waals surface area contributed by atoms with E-state index in [-0.39, 0.29) is 0 Å². The molecule has 0 amide bonds. The summed E-state index contributed by atoms with van der Waals surface area (Å²) < 4.78 is 1.52. The van der Waals surface area contributed by atoms with Gasteiger partial charge >= 0.3 is 5.97 Å². The zero-order valence-electron chi connectivity index (χ0n) is 9.53. The Morgan fingerprint density at radius 2 is 2.24 bits per heavy atom. The van der Waals surface area contributed by atoms with Crippen molar-refractivity contribution < 1.29 is 9.90 Å². The fourth-order valence-corrected chi connectivity index (χ4v) is 1.44. The van der Waals surface area contributed by atoms with Gasteiger partial charge in [-0.15, -0.1) is 10.2 Å². The third-order valence-corrected chi connectivity index (χ3v) is 2.59. The number of carboxylic acids is 1. The second kappa shape index (κ2) is 3.97. The SMILES string of the molecule is CC(C)(C(=O)O)n1cnnc1-c1cccnc1. The standard InChI is InChI=1S/C11H12N4O2/c1-11(2,10(16)17)15-7-13-14-9(15)8-4-3-5-12-6-8/h3-7H,1-2H3,(H,16,17). The minimum atomic E-state index is -1.10. The van der Waals surface area contributed by atoms with Gasteiger partial charge in [-0.3, -0.25) is 9.55 Å². The van der Waals surface area contributed by atoms with Crippen molar-refractivity contribution >= 4 is 5.97 Å². The number of rotatable bonds is 3. The third kappa shape index (κ3) is 1.89. The van der Waals surface area contributed by atoms with E-state index in [1.54, 1.807) is 32.3 Å². The van der Waals surface area contributed by atoms with Gasteiger partial charge in [0.1, 0.15) is 11.9 Å². The molecule has 1 N–H and O–H groups in total. The van der Waals surface area contributed by atoms with Crippen LogP contribution in [0.1, 0.15) is 13.8 Å². The van der Waals surface area contributed by atoms with Crippen molar-refractivity contribution in [2.24, 2.45) is 0 Å². The molecule has 6 heteroatoms. The molecule has 88 valence electrons. The van der Waals surface area contributed by atoms with Crippen molar-refractivity contribution in [2.75, 3.05) is 0 Å². The van der Waals surface area contributed by atoms with Crippen molar-refractivity contribution in [2.45, 2.75) is 19.4 Å². The highest BCUT2D eigenvalue weighted by Crippen LogP contribution is 2.23. The molecule has 0 bridgehead atoms. The normalized spacial score (nSPS) is 11.4. The Labute approximate surface area is 98.0 Å². The summed E-state index contributed by atoms with van der Waals surface area (Å²) in [6.45, 7) is 3.19. The molecule has 6 nitrogen and oxygen atoms in total. The summed E-state index contributed by atoms with van der Waals surface area (Å²) in [6, 6.07) is 3.58. The minimum Gasteiger partial charge on any atom is -0.480 e. The lowest BCUT2D eigenvalue weighted by Crippen LogP contribution is -2.35. The van der Waals surface area contributed by atoms with Gasteiger partial charge in [0.2, 0.25) is 0 Å². The van der Waals surface area contributed by atoms with Crippen molar-refractivity contribution in [1.29, 1.82) is 0 Å². The Morgan fingerprint density at radius 1 is 1.47 bits per heavy atom. The maximum atomic E-state index is 11.2. The summed E-state index contributed by atoms with van der Waals surface area (Å²) in [5, 5.41) is 16.9. The van der Waals surface area contributed by atoms with Crippen LogP contribution in [0.25, 0.3) is 11.4 Å². The Balaban J connectivity index is 2.53. The van der Waals surface area contributed by atoms with Crippen molar-refractivity contribution in [3.8, 4) is 11.4 Å². The number of pyridine rings is 1. The summed E-state index contributed by atoms with van der Waals surface area (Å²) in [7, 11) is 0. The molecule has 2 aromatic heterocycles. The Kier molecular flexibility index (Phi) is 2.63. The van der Waals surface area contributed by atoms with Gasteiger partial charge < -0.3 is 5.11 Å². The monoisotopic (exact) mass is 232 g/mol. The van der Waals surface area contributed by atoms with Crippen LogP contribution in [0.3, 0.4) is 0 Å². The average Bonchev–Trinajstić information content (AvgIpc) is 2.79. The van der Waals surface area contributed by atoms with Crippen LogP contribution in [-0.4, -0.2) is 30.8 Å². The van der Waals surface area contributed by atoms with E-state index in [0.717, 1.165) is 5.56 Å². The lowest BCUT2D eigenvalue weighted by Gasteiger charge is -2.22. The van der Waals surface area contributed by atoms with Gasteiger partial charge in [0, 0.05) is 18.0 Å². The predicted octanol–water partition coefficient (Wildman–Crippen LogP) is 1.16. The highest BCUT2D eigenvalue weighted by atomic mass is 16.4. The van der Waals surface area contributed by atoms with Crippen LogP contribution in [0.15, 0.2) is 30.9 Å². The van der Waals surface area contributed by atoms with Gasteiger partial charge in [0.15, 0.2) is 5.82 Å². The zero-order chi connectivity index (χ0) is 12.5. The highest BCUT2D eigenvalue weighted by molar-refractivity contribution is 5.76. The van der Waals surface area contributed by atoms with Gasteiger partial charge in [-0.2, -0.15) is 0 Å². The van der Waals surface area contributed by atoms with Crippen molar-refractivity contribution in [3.05, 3.63) is 30.9 Å². The molecule has 17 heavy (non-hydrogen) atoms. The van der Waals surface area contributed by atoms with Gasteiger partial charge in [0.25, 0.3) is 0 Å². The second-order valence-electron chi connectivity index (χ2n) is 4.13. The number of carboxylic acid groups (broad SMARTS) is 1. The number of hydrogen-bond acceptors (Lipinski definition) is 4. The van der Waals surface area contributed by atoms with E-state index in [2.05, 4.69) is 15.2 Å². The molecule has 0 aromatic carbocycles. The molecule has 0 radical (unpaired) electrons. The summed E-state index contributed by atoms with van der Waals surface area (Å²) >= 11 is 0. The first kappa shape index (κ1) is 11.3. The number of aliphatic carboxylic acids is 1. The van der Waals surface area contributed by atoms with Gasteiger partial charge in [-0.05, 0) is 26.0 Å². The molecule has 2 rings (SSSR count). The first-order chi connectivity index (χ1) is 8.03. The van der Waals surface area contributed by atoms with E-state index >= 15 is 0 Å². The lowest BCUT2D eigenvalue weighted by molar-refractivity contribution is -0.145. The van der Waals surface area contributed by atoms with Crippen LogP contribution >= 0.6 is 0 Å². The lowest BCUT2D eigenvalue weighted by atomic mass is 10.1. The van der Waals surface area contributed by atoms with Crippen LogP contribution in [-0.2, 0) is 10.3 Å². The topological polar surface area (TPSA) is 80.9 Å². The fourth-order valence-electron chi connectivity index (χ4n) is 1.44. The van der Waals surface area contributed by atoms with Crippen LogP contribution in [0.5, 0.6) is 0 Å². The van der Waals surface area contributed by atoms with Gasteiger partial charge in [0.05, 0.1) is 0 Å². The fraction of sp³-hybridized carbons (Fsp3) is 0.273. The first-order valence-electron chi connectivity index (χ1n) is 5.08. The largest absolute Gasteiger partial charge is 0.480 e. The van der Waals surface area contributed by atoms with E-state index in [9.17, 15) is 9.90 Å². The molecule has 0 fully saturated rings. The molecule has 0 aliphatic carbocycles.